The van der Waals surface area contributed by atoms with Crippen LogP contribution >= 0.6 is 11.3 Å². The Kier molecular flexibility index (Phi) is 3.73. The molecule has 130 valence electrons. The first-order valence-corrected chi connectivity index (χ1v) is 9.17. The van der Waals surface area contributed by atoms with Crippen molar-refractivity contribution in [2.75, 3.05) is 0 Å². The number of nitrogens with zero attached hydrogens (tertiary/aromatic N) is 5. The molecule has 0 aromatic carbocycles. The summed E-state index contributed by atoms with van der Waals surface area (Å²) in [5.74, 6) is 0.875. The predicted molar refractivity (Wildman–Crippen MR) is 97.8 cm³/mol. The molecule has 0 spiro atoms. The van der Waals surface area contributed by atoms with Crippen molar-refractivity contribution in [1.82, 2.24) is 24.3 Å². The van der Waals surface area contributed by atoms with Gasteiger partial charge in [0.2, 0.25) is 0 Å². The first kappa shape index (κ1) is 16.4. The Morgan fingerprint density at radius 3 is 2.80 bits per heavy atom. The van der Waals surface area contributed by atoms with Crippen LogP contribution in [-0.4, -0.2) is 24.3 Å². The molecule has 4 rings (SSSR count). The molecule has 0 aliphatic carbocycles. The molecule has 0 radical (unpaired) electrons. The summed E-state index contributed by atoms with van der Waals surface area (Å²) in [7, 11) is 0. The third kappa shape index (κ3) is 3.09. The summed E-state index contributed by atoms with van der Waals surface area (Å²) in [6.07, 6.45) is 3.78. The van der Waals surface area contributed by atoms with Gasteiger partial charge in [-0.05, 0) is 6.92 Å². The van der Waals surface area contributed by atoms with Gasteiger partial charge in [0.15, 0.2) is 4.96 Å². The highest BCUT2D eigenvalue weighted by Crippen LogP contribution is 2.25. The molecule has 0 atom stereocenters. The van der Waals surface area contributed by atoms with Crippen LogP contribution in [-0.2, 0) is 25.0 Å². The Bertz CT molecular complexity index is 1010. The molecule has 0 bridgehead atoms. The SMILES string of the molecule is Cc1cn2c(=O)cc(CN3Cc4cnc(C(C)(C)C)nc4C3)nc2s1. The number of thiazole rings is 1. The minimum atomic E-state index is -0.0548. The Labute approximate surface area is 150 Å². The summed E-state index contributed by atoms with van der Waals surface area (Å²) >= 11 is 1.54. The van der Waals surface area contributed by atoms with E-state index in [2.05, 4.69) is 35.6 Å². The van der Waals surface area contributed by atoms with Crippen molar-refractivity contribution in [2.45, 2.75) is 52.7 Å². The monoisotopic (exact) mass is 355 g/mol. The molecular weight excluding hydrogens is 334 g/mol. The van der Waals surface area contributed by atoms with Crippen LogP contribution in [0.5, 0.6) is 0 Å². The highest BCUT2D eigenvalue weighted by Gasteiger charge is 2.25. The molecule has 0 fully saturated rings. The van der Waals surface area contributed by atoms with Crippen LogP contribution in [0.2, 0.25) is 0 Å². The number of aromatic nitrogens is 4. The Hall–Kier alpha value is -2.12. The van der Waals surface area contributed by atoms with Gasteiger partial charge in [-0.15, -0.1) is 11.3 Å². The summed E-state index contributed by atoms with van der Waals surface area (Å²) in [4.78, 5) is 30.3. The second-order valence-electron chi connectivity index (χ2n) is 7.64. The topological polar surface area (TPSA) is 63.4 Å². The van der Waals surface area contributed by atoms with E-state index in [0.717, 1.165) is 45.7 Å². The zero-order valence-corrected chi connectivity index (χ0v) is 15.7. The van der Waals surface area contributed by atoms with E-state index in [1.165, 1.54) is 0 Å². The van der Waals surface area contributed by atoms with Crippen molar-refractivity contribution in [2.24, 2.45) is 0 Å². The van der Waals surface area contributed by atoms with E-state index in [4.69, 9.17) is 4.98 Å². The van der Waals surface area contributed by atoms with Crippen molar-refractivity contribution in [3.05, 3.63) is 56.5 Å². The zero-order valence-electron chi connectivity index (χ0n) is 14.9. The van der Waals surface area contributed by atoms with Crippen LogP contribution < -0.4 is 5.56 Å². The van der Waals surface area contributed by atoms with Crippen molar-refractivity contribution in [3.63, 3.8) is 0 Å². The fraction of sp³-hybridized carbons (Fsp3) is 0.444. The molecule has 7 heteroatoms. The van der Waals surface area contributed by atoms with Crippen LogP contribution in [0, 0.1) is 6.92 Å². The normalized spacial score (nSPS) is 15.0. The Balaban J connectivity index is 1.57. The summed E-state index contributed by atoms with van der Waals surface area (Å²) in [6.45, 7) is 10.6. The number of fused-ring (bicyclic) bond motifs is 2. The zero-order chi connectivity index (χ0) is 17.8. The third-order valence-electron chi connectivity index (χ3n) is 4.31. The van der Waals surface area contributed by atoms with Crippen molar-refractivity contribution >= 4 is 16.3 Å². The number of hydrogen-bond donors (Lipinski definition) is 0. The molecule has 3 aromatic heterocycles. The van der Waals surface area contributed by atoms with Gasteiger partial charge in [0.05, 0.1) is 11.4 Å². The molecule has 4 heterocycles. The van der Waals surface area contributed by atoms with Gasteiger partial charge < -0.3 is 0 Å². The quantitative estimate of drug-likeness (QED) is 0.707. The summed E-state index contributed by atoms with van der Waals surface area (Å²) in [5.41, 5.74) is 2.99. The van der Waals surface area contributed by atoms with E-state index in [9.17, 15) is 4.79 Å². The van der Waals surface area contributed by atoms with Gasteiger partial charge >= 0.3 is 0 Å². The number of rotatable bonds is 2. The van der Waals surface area contributed by atoms with Gasteiger partial charge in [0.25, 0.3) is 5.56 Å². The Morgan fingerprint density at radius 2 is 2.04 bits per heavy atom. The van der Waals surface area contributed by atoms with E-state index < -0.39 is 0 Å². The molecule has 0 unspecified atom stereocenters. The van der Waals surface area contributed by atoms with E-state index >= 15 is 0 Å². The first-order chi connectivity index (χ1) is 11.8. The average Bonchev–Trinajstić information content (AvgIpc) is 3.07. The number of aryl methyl sites for hydroxylation is 1. The molecule has 0 saturated carbocycles. The first-order valence-electron chi connectivity index (χ1n) is 8.36. The second kappa shape index (κ2) is 5.71. The summed E-state index contributed by atoms with van der Waals surface area (Å²) < 4.78 is 1.61. The molecule has 6 nitrogen and oxygen atoms in total. The van der Waals surface area contributed by atoms with Gasteiger partial charge in [0.1, 0.15) is 5.82 Å². The largest absolute Gasteiger partial charge is 0.287 e. The lowest BCUT2D eigenvalue weighted by atomic mass is 9.95. The second-order valence-corrected chi connectivity index (χ2v) is 8.85. The van der Waals surface area contributed by atoms with E-state index in [1.54, 1.807) is 21.8 Å². The van der Waals surface area contributed by atoms with Crippen LogP contribution in [0.15, 0.2) is 23.3 Å². The maximum absolute atomic E-state index is 12.2. The van der Waals surface area contributed by atoms with Crippen LogP contribution in [0.1, 0.15) is 48.4 Å². The number of hydrogen-bond acceptors (Lipinski definition) is 6. The molecular formula is C18H21N5OS. The fourth-order valence-corrected chi connectivity index (χ4v) is 3.91. The molecule has 0 N–H and O–H groups in total. The molecule has 1 aliphatic rings. The molecule has 3 aromatic rings. The van der Waals surface area contributed by atoms with Crippen LogP contribution in [0.3, 0.4) is 0 Å². The third-order valence-corrected chi connectivity index (χ3v) is 5.21. The minimum Gasteiger partial charge on any atom is -0.287 e. The van der Waals surface area contributed by atoms with E-state index in [1.807, 2.05) is 19.3 Å². The Morgan fingerprint density at radius 1 is 1.24 bits per heavy atom. The van der Waals surface area contributed by atoms with Gasteiger partial charge in [-0.25, -0.2) is 15.0 Å². The lowest BCUT2D eigenvalue weighted by molar-refractivity contribution is 0.270. The smallest absolute Gasteiger partial charge is 0.258 e. The fourth-order valence-electron chi connectivity index (χ4n) is 3.06. The highest BCUT2D eigenvalue weighted by molar-refractivity contribution is 7.16. The van der Waals surface area contributed by atoms with Gasteiger partial charge in [-0.1, -0.05) is 20.8 Å². The summed E-state index contributed by atoms with van der Waals surface area (Å²) in [5, 5.41) is 0. The highest BCUT2D eigenvalue weighted by atomic mass is 32.1. The molecule has 1 aliphatic heterocycles. The molecule has 0 amide bonds. The predicted octanol–water partition coefficient (Wildman–Crippen LogP) is 2.67. The summed E-state index contributed by atoms with van der Waals surface area (Å²) in [6, 6.07) is 1.63. The molecule has 0 saturated heterocycles. The van der Waals surface area contributed by atoms with E-state index in [0.29, 0.717) is 6.54 Å². The van der Waals surface area contributed by atoms with E-state index in [-0.39, 0.29) is 11.0 Å². The standard InChI is InChI=1S/C18H21N5OS/c1-11-7-23-15(24)5-13(20-17(23)25-11)9-22-8-12-6-19-16(18(2,3)4)21-14(12)10-22/h5-7H,8-10H2,1-4H3. The van der Waals surface area contributed by atoms with Crippen molar-refractivity contribution < 1.29 is 0 Å². The lowest BCUT2D eigenvalue weighted by Gasteiger charge is -2.16. The van der Waals surface area contributed by atoms with Crippen LogP contribution in [0.4, 0.5) is 0 Å². The van der Waals surface area contributed by atoms with Gasteiger partial charge in [-0.3, -0.25) is 14.1 Å². The van der Waals surface area contributed by atoms with Crippen molar-refractivity contribution in [1.29, 1.82) is 0 Å². The molecule has 25 heavy (non-hydrogen) atoms. The minimum absolute atomic E-state index is 0.0177. The van der Waals surface area contributed by atoms with Crippen LogP contribution in [0.25, 0.3) is 4.96 Å². The van der Waals surface area contributed by atoms with Gasteiger partial charge in [-0.2, -0.15) is 0 Å². The van der Waals surface area contributed by atoms with Gasteiger partial charge in [0, 0.05) is 53.9 Å². The maximum Gasteiger partial charge on any atom is 0.258 e. The average molecular weight is 355 g/mol. The van der Waals surface area contributed by atoms with Crippen molar-refractivity contribution in [3.8, 4) is 0 Å². The maximum atomic E-state index is 12.2. The lowest BCUT2D eigenvalue weighted by Crippen LogP contribution is -2.20.